The molecular formula is C11H14N. The van der Waals surface area contributed by atoms with E-state index in [4.69, 9.17) is 0 Å². The fourth-order valence-corrected chi connectivity index (χ4v) is 2.00. The van der Waals surface area contributed by atoms with E-state index in [0.29, 0.717) is 6.04 Å². The average molecular weight is 160 g/mol. The molecule has 1 aromatic rings. The molecule has 0 bridgehead atoms. The van der Waals surface area contributed by atoms with Gasteiger partial charge in [-0.05, 0) is 30.4 Å². The van der Waals surface area contributed by atoms with Crippen molar-refractivity contribution in [3.05, 3.63) is 35.4 Å². The third-order valence-corrected chi connectivity index (χ3v) is 2.65. The Hall–Kier alpha value is -0.820. The molecule has 0 aromatic heterocycles. The summed E-state index contributed by atoms with van der Waals surface area (Å²) in [5, 5.41) is 4.39. The predicted octanol–water partition coefficient (Wildman–Crippen LogP) is 2.30. The maximum atomic E-state index is 4.39. The van der Waals surface area contributed by atoms with Crippen molar-refractivity contribution in [2.75, 3.05) is 7.05 Å². The molecule has 2 rings (SSSR count). The molecular weight excluding hydrogens is 146 g/mol. The minimum atomic E-state index is 0.468. The van der Waals surface area contributed by atoms with E-state index in [2.05, 4.69) is 29.6 Å². The summed E-state index contributed by atoms with van der Waals surface area (Å²) in [5.74, 6) is 0. The van der Waals surface area contributed by atoms with Crippen LogP contribution in [0.4, 0.5) is 0 Å². The van der Waals surface area contributed by atoms with Crippen LogP contribution in [0.3, 0.4) is 0 Å². The molecule has 0 spiro atoms. The SMILES string of the molecule is C[N]C1CCCc2ccccc21. The molecule has 1 heteroatoms. The van der Waals surface area contributed by atoms with Crippen molar-refractivity contribution < 1.29 is 0 Å². The third kappa shape index (κ3) is 1.25. The highest BCUT2D eigenvalue weighted by Crippen LogP contribution is 2.29. The van der Waals surface area contributed by atoms with Crippen molar-refractivity contribution in [1.82, 2.24) is 5.32 Å². The van der Waals surface area contributed by atoms with E-state index in [1.165, 1.54) is 30.4 Å². The molecule has 1 aliphatic rings. The van der Waals surface area contributed by atoms with Crippen LogP contribution in [0.1, 0.15) is 30.0 Å². The first-order valence-corrected chi connectivity index (χ1v) is 4.58. The van der Waals surface area contributed by atoms with Crippen LogP contribution in [-0.2, 0) is 6.42 Å². The Morgan fingerprint density at radius 2 is 2.17 bits per heavy atom. The van der Waals surface area contributed by atoms with Gasteiger partial charge in [0.2, 0.25) is 0 Å². The van der Waals surface area contributed by atoms with Gasteiger partial charge in [-0.25, -0.2) is 5.32 Å². The van der Waals surface area contributed by atoms with Crippen LogP contribution >= 0.6 is 0 Å². The van der Waals surface area contributed by atoms with Gasteiger partial charge in [0, 0.05) is 13.1 Å². The van der Waals surface area contributed by atoms with E-state index >= 15 is 0 Å². The zero-order valence-corrected chi connectivity index (χ0v) is 7.46. The van der Waals surface area contributed by atoms with Crippen LogP contribution in [0.25, 0.3) is 0 Å². The van der Waals surface area contributed by atoms with E-state index in [-0.39, 0.29) is 0 Å². The topological polar surface area (TPSA) is 14.1 Å². The van der Waals surface area contributed by atoms with Gasteiger partial charge in [0.15, 0.2) is 0 Å². The molecule has 1 aliphatic carbocycles. The van der Waals surface area contributed by atoms with Gasteiger partial charge in [0.05, 0.1) is 0 Å². The second-order valence-electron chi connectivity index (χ2n) is 3.37. The Morgan fingerprint density at radius 3 is 3.00 bits per heavy atom. The highest BCUT2D eigenvalue weighted by molar-refractivity contribution is 5.31. The van der Waals surface area contributed by atoms with Gasteiger partial charge in [-0.1, -0.05) is 24.3 Å². The van der Waals surface area contributed by atoms with E-state index in [0.717, 1.165) is 0 Å². The molecule has 1 atom stereocenters. The highest BCUT2D eigenvalue weighted by atomic mass is 14.9. The van der Waals surface area contributed by atoms with Crippen LogP contribution in [0.5, 0.6) is 0 Å². The fourth-order valence-electron chi connectivity index (χ4n) is 2.00. The van der Waals surface area contributed by atoms with Crippen LogP contribution in [-0.4, -0.2) is 7.05 Å². The van der Waals surface area contributed by atoms with E-state index in [1.54, 1.807) is 0 Å². The van der Waals surface area contributed by atoms with Crippen LogP contribution < -0.4 is 5.32 Å². The standard InChI is InChI=1S/C11H14N/c1-12-11-8-4-6-9-5-2-3-7-10(9)11/h2-3,5,7,11H,4,6,8H2,1H3. The quantitative estimate of drug-likeness (QED) is 0.598. The number of rotatable bonds is 1. The van der Waals surface area contributed by atoms with E-state index in [1.807, 2.05) is 7.05 Å². The Labute approximate surface area is 73.8 Å². The zero-order valence-electron chi connectivity index (χ0n) is 7.46. The summed E-state index contributed by atoms with van der Waals surface area (Å²) in [6.07, 6.45) is 3.76. The predicted molar refractivity (Wildman–Crippen MR) is 50.2 cm³/mol. The lowest BCUT2D eigenvalue weighted by Gasteiger charge is -2.23. The summed E-state index contributed by atoms with van der Waals surface area (Å²) in [7, 11) is 1.92. The van der Waals surface area contributed by atoms with E-state index < -0.39 is 0 Å². The fraction of sp³-hybridized carbons (Fsp3) is 0.455. The molecule has 12 heavy (non-hydrogen) atoms. The summed E-state index contributed by atoms with van der Waals surface area (Å²) in [5.41, 5.74) is 2.95. The number of hydrogen-bond acceptors (Lipinski definition) is 0. The van der Waals surface area contributed by atoms with Crippen LogP contribution in [0, 0.1) is 0 Å². The molecule has 1 radical (unpaired) electrons. The minimum absolute atomic E-state index is 0.468. The van der Waals surface area contributed by atoms with Crippen molar-refractivity contribution in [3.63, 3.8) is 0 Å². The summed E-state index contributed by atoms with van der Waals surface area (Å²) in [4.78, 5) is 0. The third-order valence-electron chi connectivity index (χ3n) is 2.65. The Bertz CT molecular complexity index is 267. The summed E-state index contributed by atoms with van der Waals surface area (Å²) >= 11 is 0. The number of nitrogens with zero attached hydrogens (tertiary/aromatic N) is 1. The summed E-state index contributed by atoms with van der Waals surface area (Å²) in [6.45, 7) is 0. The first-order valence-electron chi connectivity index (χ1n) is 4.58. The lowest BCUT2D eigenvalue weighted by Crippen LogP contribution is -2.16. The molecule has 1 aromatic carbocycles. The molecule has 1 unspecified atom stereocenters. The van der Waals surface area contributed by atoms with Crippen molar-refractivity contribution in [3.8, 4) is 0 Å². The Balaban J connectivity index is 2.37. The van der Waals surface area contributed by atoms with Gasteiger partial charge in [-0.2, -0.15) is 0 Å². The van der Waals surface area contributed by atoms with Crippen molar-refractivity contribution in [1.29, 1.82) is 0 Å². The number of aryl methyl sites for hydroxylation is 1. The van der Waals surface area contributed by atoms with Crippen LogP contribution in [0.15, 0.2) is 24.3 Å². The molecule has 0 aliphatic heterocycles. The Morgan fingerprint density at radius 1 is 1.33 bits per heavy atom. The van der Waals surface area contributed by atoms with Crippen molar-refractivity contribution in [2.45, 2.75) is 25.3 Å². The molecule has 0 fully saturated rings. The lowest BCUT2D eigenvalue weighted by atomic mass is 9.88. The molecule has 63 valence electrons. The number of benzene rings is 1. The maximum Gasteiger partial charge on any atom is 0.0495 e. The molecule has 0 amide bonds. The molecule has 1 nitrogen and oxygen atoms in total. The average Bonchev–Trinajstić information content (AvgIpc) is 2.17. The lowest BCUT2D eigenvalue weighted by molar-refractivity contribution is 0.489. The van der Waals surface area contributed by atoms with Gasteiger partial charge < -0.3 is 0 Å². The number of hydrogen-bond donors (Lipinski definition) is 0. The smallest absolute Gasteiger partial charge is 0.0495 e. The van der Waals surface area contributed by atoms with Gasteiger partial charge >= 0.3 is 0 Å². The summed E-state index contributed by atoms with van der Waals surface area (Å²) in [6, 6.07) is 9.15. The highest BCUT2D eigenvalue weighted by Gasteiger charge is 2.17. The molecule has 0 heterocycles. The Kier molecular flexibility index (Phi) is 2.13. The second-order valence-corrected chi connectivity index (χ2v) is 3.37. The maximum absolute atomic E-state index is 4.39. The molecule has 0 N–H and O–H groups in total. The van der Waals surface area contributed by atoms with Gasteiger partial charge in [-0.15, -0.1) is 0 Å². The minimum Gasteiger partial charge on any atom is -0.237 e. The number of fused-ring (bicyclic) bond motifs is 1. The second kappa shape index (κ2) is 3.28. The zero-order chi connectivity index (χ0) is 8.39. The van der Waals surface area contributed by atoms with Crippen LogP contribution in [0.2, 0.25) is 0 Å². The van der Waals surface area contributed by atoms with Crippen molar-refractivity contribution in [2.24, 2.45) is 0 Å². The van der Waals surface area contributed by atoms with E-state index in [9.17, 15) is 0 Å². The molecule has 0 saturated carbocycles. The van der Waals surface area contributed by atoms with Gasteiger partial charge in [0.1, 0.15) is 0 Å². The summed E-state index contributed by atoms with van der Waals surface area (Å²) < 4.78 is 0. The normalized spacial score (nSPS) is 21.9. The van der Waals surface area contributed by atoms with Gasteiger partial charge in [-0.3, -0.25) is 0 Å². The van der Waals surface area contributed by atoms with Crippen molar-refractivity contribution >= 4 is 0 Å². The van der Waals surface area contributed by atoms with Gasteiger partial charge in [0.25, 0.3) is 0 Å². The molecule has 0 saturated heterocycles. The first kappa shape index (κ1) is 7.81. The monoisotopic (exact) mass is 160 g/mol. The largest absolute Gasteiger partial charge is 0.237 e. The first-order chi connectivity index (χ1) is 5.92.